The maximum absolute atomic E-state index is 14.5. The smallest absolute Gasteiger partial charge is 0.407 e. The predicted octanol–water partition coefficient (Wildman–Crippen LogP) is 4.99. The topological polar surface area (TPSA) is 99.7 Å². The summed E-state index contributed by atoms with van der Waals surface area (Å²) in [5.74, 6) is -0.696. The van der Waals surface area contributed by atoms with Crippen molar-refractivity contribution in [2.45, 2.75) is 56.7 Å². The standard InChI is InChI=1S/C34H44Cl2N6O4/c1-38-14-16-39(17-15-38)27-7-10-40(11-8-27)32(43)29(20-23-18-25(35)21-26(36)19-23)31-22-28(9-13-42(31)34(45)46)41-12-6-24-4-2-3-5-30(24)37-33(41)44/h2-5,18-19,21,27-29,31H,6-17,20,22H2,1H3,(H,37,44)(H,45,46)/t28?,29?,31-/m1/s1. The Morgan fingerprint density at radius 2 is 1.59 bits per heavy atom. The van der Waals surface area contributed by atoms with Crippen molar-refractivity contribution in [1.29, 1.82) is 0 Å². The zero-order valence-corrected chi connectivity index (χ0v) is 27.9. The van der Waals surface area contributed by atoms with Crippen LogP contribution in [0.25, 0.3) is 0 Å². The van der Waals surface area contributed by atoms with Gasteiger partial charge < -0.3 is 30.0 Å². The van der Waals surface area contributed by atoms with E-state index < -0.39 is 18.1 Å². The molecule has 10 nitrogen and oxygen atoms in total. The Hall–Kier alpha value is -3.05. The second-order valence-electron chi connectivity index (χ2n) is 13.2. The van der Waals surface area contributed by atoms with Crippen LogP contribution < -0.4 is 5.32 Å². The lowest BCUT2D eigenvalue weighted by Crippen LogP contribution is -2.59. The summed E-state index contributed by atoms with van der Waals surface area (Å²) >= 11 is 12.8. The molecule has 3 fully saturated rings. The number of halogens is 2. The van der Waals surface area contributed by atoms with Crippen LogP contribution in [0.15, 0.2) is 42.5 Å². The molecule has 3 atom stereocenters. The Bertz CT molecular complexity index is 1410. The first kappa shape index (κ1) is 32.9. The monoisotopic (exact) mass is 670 g/mol. The summed E-state index contributed by atoms with van der Waals surface area (Å²) in [6, 6.07) is 12.5. The van der Waals surface area contributed by atoms with Gasteiger partial charge in [-0.15, -0.1) is 0 Å². The molecule has 4 amide bonds. The highest BCUT2D eigenvalue weighted by Crippen LogP contribution is 2.34. The molecule has 0 aromatic heterocycles. The molecular formula is C34H44Cl2N6O4. The summed E-state index contributed by atoms with van der Waals surface area (Å²) in [6.45, 7) is 6.23. The second-order valence-corrected chi connectivity index (χ2v) is 14.1. The van der Waals surface area contributed by atoms with E-state index in [2.05, 4.69) is 22.2 Å². The molecule has 0 bridgehead atoms. The number of urea groups is 1. The maximum Gasteiger partial charge on any atom is 0.407 e. The number of nitrogens with one attached hydrogen (secondary N) is 1. The van der Waals surface area contributed by atoms with Gasteiger partial charge >= 0.3 is 12.1 Å². The number of anilines is 1. The fraction of sp³-hybridized carbons (Fsp3) is 0.559. The van der Waals surface area contributed by atoms with Crippen LogP contribution in [0.4, 0.5) is 15.3 Å². The minimum atomic E-state index is -1.05. The number of piperazine rings is 1. The van der Waals surface area contributed by atoms with E-state index in [0.29, 0.717) is 61.4 Å². The van der Waals surface area contributed by atoms with Crippen molar-refractivity contribution in [1.82, 2.24) is 24.5 Å². The molecule has 0 aliphatic carbocycles. The summed E-state index contributed by atoms with van der Waals surface area (Å²) in [5.41, 5.74) is 2.67. The number of carbonyl (C=O) groups excluding carboxylic acids is 2. The number of rotatable bonds is 6. The molecule has 4 aliphatic rings. The Labute approximate surface area is 281 Å². The molecule has 2 unspecified atom stereocenters. The first-order valence-corrected chi connectivity index (χ1v) is 17.2. The third-order valence-corrected chi connectivity index (χ3v) is 10.9. The third-order valence-electron chi connectivity index (χ3n) is 10.4. The van der Waals surface area contributed by atoms with Crippen molar-refractivity contribution in [3.8, 4) is 0 Å². The highest BCUT2D eigenvalue weighted by molar-refractivity contribution is 6.34. The second kappa shape index (κ2) is 14.4. The van der Waals surface area contributed by atoms with Gasteiger partial charge in [-0.3, -0.25) is 9.69 Å². The fourth-order valence-corrected chi connectivity index (χ4v) is 8.43. The fourth-order valence-electron chi connectivity index (χ4n) is 7.86. The minimum Gasteiger partial charge on any atom is -0.465 e. The molecule has 0 saturated carbocycles. The molecule has 6 rings (SSSR count). The van der Waals surface area contributed by atoms with Gasteiger partial charge in [0.15, 0.2) is 0 Å². The summed E-state index contributed by atoms with van der Waals surface area (Å²) in [6.07, 6.45) is 2.63. The van der Waals surface area contributed by atoms with Crippen molar-refractivity contribution in [3.05, 3.63) is 63.6 Å². The van der Waals surface area contributed by atoms with Crippen molar-refractivity contribution >= 4 is 46.9 Å². The van der Waals surface area contributed by atoms with Gasteiger partial charge in [-0.25, -0.2) is 9.59 Å². The van der Waals surface area contributed by atoms with Crippen LogP contribution in [0, 0.1) is 5.92 Å². The largest absolute Gasteiger partial charge is 0.465 e. The Morgan fingerprint density at radius 3 is 2.28 bits per heavy atom. The number of nitrogens with zero attached hydrogens (tertiary/aromatic N) is 5. The Balaban J connectivity index is 1.24. The molecule has 248 valence electrons. The number of carboxylic acid groups (broad SMARTS) is 1. The molecule has 4 aliphatic heterocycles. The van der Waals surface area contributed by atoms with Gasteiger partial charge in [-0.2, -0.15) is 0 Å². The van der Waals surface area contributed by atoms with Gasteiger partial charge in [0.2, 0.25) is 5.91 Å². The van der Waals surface area contributed by atoms with Crippen molar-refractivity contribution in [2.75, 3.05) is 64.7 Å². The number of hydrogen-bond donors (Lipinski definition) is 2. The van der Waals surface area contributed by atoms with Crippen LogP contribution in [0.3, 0.4) is 0 Å². The number of likely N-dealkylation sites (N-methyl/N-ethyl adjacent to an activating group) is 1. The molecule has 2 N–H and O–H groups in total. The van der Waals surface area contributed by atoms with E-state index in [-0.39, 0.29) is 24.5 Å². The summed E-state index contributed by atoms with van der Waals surface area (Å²) in [5, 5.41) is 14.4. The van der Waals surface area contributed by atoms with Gasteiger partial charge in [0.1, 0.15) is 0 Å². The Kier molecular flexibility index (Phi) is 10.3. The Morgan fingerprint density at radius 1 is 0.913 bits per heavy atom. The lowest BCUT2D eigenvalue weighted by Gasteiger charge is -2.46. The summed E-state index contributed by atoms with van der Waals surface area (Å²) in [7, 11) is 2.15. The first-order valence-electron chi connectivity index (χ1n) is 16.5. The van der Waals surface area contributed by atoms with E-state index in [1.54, 1.807) is 18.2 Å². The highest BCUT2D eigenvalue weighted by Gasteiger charge is 2.44. The molecule has 4 heterocycles. The average molecular weight is 672 g/mol. The van der Waals surface area contributed by atoms with E-state index in [1.807, 2.05) is 34.1 Å². The van der Waals surface area contributed by atoms with Crippen LogP contribution in [-0.2, 0) is 17.6 Å². The quantitative estimate of drug-likeness (QED) is 0.449. The molecule has 3 saturated heterocycles. The van der Waals surface area contributed by atoms with Gasteiger partial charge in [-0.1, -0.05) is 41.4 Å². The maximum atomic E-state index is 14.5. The van der Waals surface area contributed by atoms with Gasteiger partial charge in [0.05, 0.1) is 5.92 Å². The molecule has 0 spiro atoms. The van der Waals surface area contributed by atoms with Crippen LogP contribution in [0.1, 0.15) is 36.8 Å². The van der Waals surface area contributed by atoms with Gasteiger partial charge in [-0.05, 0) is 81.0 Å². The van der Waals surface area contributed by atoms with Crippen LogP contribution in [0.5, 0.6) is 0 Å². The zero-order chi connectivity index (χ0) is 32.4. The van der Waals surface area contributed by atoms with Crippen LogP contribution in [0.2, 0.25) is 10.0 Å². The zero-order valence-electron chi connectivity index (χ0n) is 26.4. The third kappa shape index (κ3) is 7.40. The molecule has 12 heteroatoms. The number of likely N-dealkylation sites (tertiary alicyclic amines) is 2. The van der Waals surface area contributed by atoms with E-state index in [1.165, 1.54) is 4.90 Å². The number of carbonyl (C=O) groups is 3. The normalized spacial score (nSPS) is 24.2. The van der Waals surface area contributed by atoms with E-state index in [4.69, 9.17) is 23.2 Å². The van der Waals surface area contributed by atoms with Crippen LogP contribution >= 0.6 is 23.2 Å². The number of piperidine rings is 2. The van der Waals surface area contributed by atoms with Crippen molar-refractivity contribution in [3.63, 3.8) is 0 Å². The lowest BCUT2D eigenvalue weighted by molar-refractivity contribution is -0.140. The molecular weight excluding hydrogens is 627 g/mol. The van der Waals surface area contributed by atoms with Gasteiger partial charge in [0, 0.05) is 86.2 Å². The number of fused-ring (bicyclic) bond motifs is 1. The predicted molar refractivity (Wildman–Crippen MR) is 180 cm³/mol. The number of amides is 4. The summed E-state index contributed by atoms with van der Waals surface area (Å²) in [4.78, 5) is 50.8. The SMILES string of the molecule is CN1CCN(C2CCN(C(=O)C(Cc3cc(Cl)cc(Cl)c3)[C@H]3CC(N4CCc5ccccc5NC4=O)CCN3C(=O)O)CC2)CC1. The molecule has 46 heavy (non-hydrogen) atoms. The average Bonchev–Trinajstić information content (AvgIpc) is 3.21. The van der Waals surface area contributed by atoms with E-state index in [9.17, 15) is 19.5 Å². The number of hydrogen-bond acceptors (Lipinski definition) is 5. The molecule has 0 radical (unpaired) electrons. The van der Waals surface area contributed by atoms with Crippen LogP contribution in [-0.4, -0.2) is 125 Å². The minimum absolute atomic E-state index is 0.0439. The number of para-hydroxylation sites is 1. The number of benzene rings is 2. The molecule has 2 aromatic carbocycles. The summed E-state index contributed by atoms with van der Waals surface area (Å²) < 4.78 is 0. The lowest BCUT2D eigenvalue weighted by atomic mass is 9.82. The van der Waals surface area contributed by atoms with E-state index >= 15 is 0 Å². The first-order chi connectivity index (χ1) is 22.2. The molecule has 2 aromatic rings. The highest BCUT2D eigenvalue weighted by atomic mass is 35.5. The van der Waals surface area contributed by atoms with Crippen molar-refractivity contribution in [2.24, 2.45) is 5.92 Å². The van der Waals surface area contributed by atoms with E-state index in [0.717, 1.165) is 55.8 Å². The van der Waals surface area contributed by atoms with Crippen molar-refractivity contribution < 1.29 is 19.5 Å². The van der Waals surface area contributed by atoms with Gasteiger partial charge in [0.25, 0.3) is 0 Å².